The van der Waals surface area contributed by atoms with Gasteiger partial charge in [0.2, 0.25) is 6.41 Å². The Balaban J connectivity index is 0.000000606. The van der Waals surface area contributed by atoms with E-state index in [9.17, 15) is 27.9 Å². The second-order valence-corrected chi connectivity index (χ2v) is 15.3. The van der Waals surface area contributed by atoms with Crippen LogP contribution in [-0.2, 0) is 17.8 Å². The van der Waals surface area contributed by atoms with Gasteiger partial charge in [-0.2, -0.15) is 13.2 Å². The van der Waals surface area contributed by atoms with E-state index in [4.69, 9.17) is 15.2 Å². The molecule has 1 aliphatic heterocycles. The van der Waals surface area contributed by atoms with Crippen LogP contribution in [0.2, 0.25) is 0 Å². The summed E-state index contributed by atoms with van der Waals surface area (Å²) in [5.74, 6) is 6.37. The molecule has 66 heavy (non-hydrogen) atoms. The number of ether oxygens (including phenoxy) is 2. The second kappa shape index (κ2) is 29.1. The highest BCUT2D eigenvalue weighted by Crippen LogP contribution is 2.30. The molecule has 17 heteroatoms. The normalized spacial score (nSPS) is 12.5. The lowest BCUT2D eigenvalue weighted by molar-refractivity contribution is -0.140. The number of nitrogens with one attached hydrogen (secondary N) is 3. The van der Waals surface area contributed by atoms with Gasteiger partial charge in [-0.15, -0.1) is 0 Å². The zero-order valence-electron chi connectivity index (χ0n) is 39.0. The van der Waals surface area contributed by atoms with Crippen LogP contribution < -0.4 is 36.1 Å². The maximum Gasteiger partial charge on any atom is 0.406 e. The third kappa shape index (κ3) is 18.5. The first-order valence-electron chi connectivity index (χ1n) is 22.1. The van der Waals surface area contributed by atoms with Crippen molar-refractivity contribution in [1.82, 2.24) is 30.1 Å². The minimum absolute atomic E-state index is 0.0561. The van der Waals surface area contributed by atoms with Crippen LogP contribution >= 0.6 is 0 Å². The number of alkyl halides is 3. The summed E-state index contributed by atoms with van der Waals surface area (Å²) < 4.78 is 52.4. The average Bonchev–Trinajstić information content (AvgIpc) is 3.66. The molecule has 0 aliphatic carbocycles. The number of hydrogen-bond donors (Lipinski definition) is 5. The number of methoxy groups -OCH3 is 1. The molecule has 1 atom stereocenters. The van der Waals surface area contributed by atoms with Crippen LogP contribution in [0.25, 0.3) is 10.9 Å². The number of aromatic nitrogens is 3. The molecule has 358 valence electrons. The molecule has 0 saturated carbocycles. The number of benzene rings is 3. The third-order valence-electron chi connectivity index (χ3n) is 10.0. The number of anilines is 3. The van der Waals surface area contributed by atoms with E-state index in [0.717, 1.165) is 22.4 Å². The topological polar surface area (TPSA) is 172 Å². The summed E-state index contributed by atoms with van der Waals surface area (Å²) in [6.45, 7) is 8.69. The summed E-state index contributed by atoms with van der Waals surface area (Å²) in [6.07, 6.45) is 6.96. The van der Waals surface area contributed by atoms with E-state index in [2.05, 4.69) is 63.6 Å². The molecule has 1 unspecified atom stereocenters. The lowest BCUT2D eigenvalue weighted by Crippen LogP contribution is -2.34. The Morgan fingerprint density at radius 1 is 1.03 bits per heavy atom. The number of nitrogens with zero attached hydrogens (tertiary/aromatic N) is 5. The lowest BCUT2D eigenvalue weighted by Gasteiger charge is -2.24. The number of aliphatic hydroxyl groups is 1. The summed E-state index contributed by atoms with van der Waals surface area (Å²) in [5.41, 5.74) is 9.53. The largest absolute Gasteiger partial charge is 0.495 e. The van der Waals surface area contributed by atoms with Gasteiger partial charge in [0.15, 0.2) is 0 Å². The minimum atomic E-state index is -4.45. The summed E-state index contributed by atoms with van der Waals surface area (Å²) in [7, 11) is 5.61. The molecule has 14 nitrogen and oxygen atoms in total. The van der Waals surface area contributed by atoms with Gasteiger partial charge in [-0.3, -0.25) is 9.59 Å². The fourth-order valence-electron chi connectivity index (χ4n) is 6.63. The molecule has 2 aromatic heterocycles. The molecule has 1 fully saturated rings. The maximum atomic E-state index is 13.3. The number of piperidine rings is 1. The van der Waals surface area contributed by atoms with Crippen molar-refractivity contribution >= 4 is 40.3 Å². The number of nitrogen functional groups attached to an aromatic ring is 1. The Hall–Kier alpha value is -6.51. The first-order valence-corrected chi connectivity index (χ1v) is 22.1. The number of hydrogen-bond acceptors (Lipinski definition) is 11. The van der Waals surface area contributed by atoms with Crippen LogP contribution in [-0.4, -0.2) is 116 Å². The molecule has 2 amide bonds. The van der Waals surface area contributed by atoms with Crippen LogP contribution in [0.1, 0.15) is 68.1 Å². The van der Waals surface area contributed by atoms with Gasteiger partial charge < -0.3 is 50.6 Å². The van der Waals surface area contributed by atoms with Gasteiger partial charge in [-0.1, -0.05) is 44.7 Å². The molecule has 3 heterocycles. The van der Waals surface area contributed by atoms with Gasteiger partial charge in [0.25, 0.3) is 5.91 Å². The van der Waals surface area contributed by atoms with Gasteiger partial charge >= 0.3 is 6.18 Å². The number of carbonyl (C=O) groups excluding carboxylic acids is 2. The quantitative estimate of drug-likeness (QED) is 0.0294. The molecule has 6 N–H and O–H groups in total. The molecule has 6 rings (SSSR count). The summed E-state index contributed by atoms with van der Waals surface area (Å²) in [5, 5.41) is 18.6. The molecule has 1 aliphatic rings. The first-order chi connectivity index (χ1) is 31.8. The average molecular weight is 918 g/mol. The van der Waals surface area contributed by atoms with E-state index >= 15 is 0 Å². The Labute approximate surface area is 387 Å². The molecular formula is C49H66F3N9O5. The molecule has 0 radical (unpaired) electrons. The Morgan fingerprint density at radius 2 is 1.76 bits per heavy atom. The number of likely N-dealkylation sites (tertiary alicyclic amines) is 1. The van der Waals surface area contributed by atoms with E-state index in [1.165, 1.54) is 52.2 Å². The number of rotatable bonds is 16. The standard InChI is InChI=1S/C36H41F3N6O5.C6H13N.C4H4N2.C3H8/c1-4-44(2)33-20-28(12-10-24(33)17-26(21-46)43-23-47)50-16-15-42-35(48)25-11-13-34(49-3)31(18-25)41-14-6-7-27-19-29-30(40)8-5-9-32(29)45(27)22-36(37,38)39;1-7-5-3-2-4-6-7;1-2-5-4-6-3-1;1-3-2/h5,8-13,18-20,23,26,41,46H,4,14-17,21-22,40H2,1-3H3,(H,42,48)(H,43,47);2-6H2,1H3;1-4H;3H2,1-2H3. The molecule has 3 aromatic carbocycles. The van der Waals surface area contributed by atoms with Crippen molar-refractivity contribution in [2.75, 3.05) is 83.1 Å². The molecule has 1 saturated heterocycles. The molecular weight excluding hydrogens is 852 g/mol. The third-order valence-corrected chi connectivity index (χ3v) is 10.0. The van der Waals surface area contributed by atoms with Crippen molar-refractivity contribution in [2.24, 2.45) is 0 Å². The summed E-state index contributed by atoms with van der Waals surface area (Å²) in [6, 6.07) is 18.1. The van der Waals surface area contributed by atoms with E-state index in [0.29, 0.717) is 52.2 Å². The second-order valence-electron chi connectivity index (χ2n) is 15.3. The van der Waals surface area contributed by atoms with Gasteiger partial charge in [-0.25, -0.2) is 9.97 Å². The fourth-order valence-corrected chi connectivity index (χ4v) is 6.63. The van der Waals surface area contributed by atoms with E-state index in [-0.39, 0.29) is 37.9 Å². The number of nitrogens with two attached hydrogens (primary N) is 1. The van der Waals surface area contributed by atoms with Crippen LogP contribution in [0.3, 0.4) is 0 Å². The van der Waals surface area contributed by atoms with Gasteiger partial charge in [0.1, 0.15) is 31.0 Å². The number of halogens is 3. The minimum Gasteiger partial charge on any atom is -0.495 e. The van der Waals surface area contributed by atoms with Crippen molar-refractivity contribution in [2.45, 2.75) is 71.6 Å². The lowest BCUT2D eigenvalue weighted by atomic mass is 10.0. The highest BCUT2D eigenvalue weighted by Gasteiger charge is 2.30. The van der Waals surface area contributed by atoms with Crippen molar-refractivity contribution in [1.29, 1.82) is 0 Å². The van der Waals surface area contributed by atoms with Crippen molar-refractivity contribution in [3.63, 3.8) is 0 Å². The van der Waals surface area contributed by atoms with Crippen LogP contribution in [0.5, 0.6) is 11.5 Å². The summed E-state index contributed by atoms with van der Waals surface area (Å²) in [4.78, 5) is 35.6. The van der Waals surface area contributed by atoms with Crippen LogP contribution in [0, 0.1) is 11.8 Å². The number of carbonyl (C=O) groups is 2. The fraction of sp³-hybridized carbons (Fsp3) is 0.429. The zero-order chi connectivity index (χ0) is 48.3. The SMILES string of the molecule is CCC.CCN(C)c1cc(OCCNC(=O)c2ccc(OC)c(NCC#Cc3cc4c(N)cccc4n3CC(F)(F)F)c2)ccc1CC(CO)NC=O.CN1CCCCC1.c1cncnc1. The highest BCUT2D eigenvalue weighted by atomic mass is 19.4. The van der Waals surface area contributed by atoms with Crippen LogP contribution in [0.4, 0.5) is 30.2 Å². The Bertz CT molecular complexity index is 2230. The predicted molar refractivity (Wildman–Crippen MR) is 257 cm³/mol. The smallest absolute Gasteiger partial charge is 0.406 e. The number of amides is 2. The van der Waals surface area contributed by atoms with Crippen LogP contribution in [0.15, 0.2) is 85.5 Å². The van der Waals surface area contributed by atoms with Crippen molar-refractivity contribution in [3.8, 4) is 23.3 Å². The Kier molecular flexibility index (Phi) is 23.7. The molecule has 0 bridgehead atoms. The van der Waals surface area contributed by atoms with E-state index in [1.54, 1.807) is 67.0 Å². The van der Waals surface area contributed by atoms with Crippen molar-refractivity contribution < 1.29 is 37.3 Å². The highest BCUT2D eigenvalue weighted by molar-refractivity contribution is 5.95. The van der Waals surface area contributed by atoms with E-state index < -0.39 is 18.8 Å². The predicted octanol–water partition coefficient (Wildman–Crippen LogP) is 7.17. The molecule has 5 aromatic rings. The first kappa shape index (κ1) is 53.8. The van der Waals surface area contributed by atoms with Gasteiger partial charge in [0.05, 0.1) is 49.7 Å². The monoisotopic (exact) mass is 918 g/mol. The number of aliphatic hydroxyl groups excluding tert-OH is 1. The van der Waals surface area contributed by atoms with Gasteiger partial charge in [-0.05, 0) is 106 Å². The summed E-state index contributed by atoms with van der Waals surface area (Å²) >= 11 is 0. The zero-order valence-corrected chi connectivity index (χ0v) is 39.0. The maximum absolute atomic E-state index is 13.3. The van der Waals surface area contributed by atoms with Crippen molar-refractivity contribution in [3.05, 3.63) is 102 Å². The van der Waals surface area contributed by atoms with E-state index in [1.807, 2.05) is 31.0 Å². The number of fused-ring (bicyclic) bond motifs is 1. The Morgan fingerprint density at radius 3 is 2.33 bits per heavy atom. The van der Waals surface area contributed by atoms with Gasteiger partial charge in [0, 0.05) is 54.4 Å². The molecule has 0 spiro atoms.